The Hall–Kier alpha value is -3.12. The van der Waals surface area contributed by atoms with Crippen LogP contribution in [0.1, 0.15) is 27.8 Å². The molecule has 2 N–H and O–H groups in total. The zero-order chi connectivity index (χ0) is 18.5. The van der Waals surface area contributed by atoms with Crippen molar-refractivity contribution in [1.82, 2.24) is 10.2 Å². The highest BCUT2D eigenvalue weighted by Gasteiger charge is 2.12. The Kier molecular flexibility index (Phi) is 5.34. The standard InChI is InChI=1S/C19H16ClN3O3/c1-2-26-19(25)12-6-8-15(9-7-12)21-18(24)17-11-16(22-23-17)13-4-3-5-14(20)10-13/h3-11H,2H2,1H3,(H,21,24)(H,22,23). The lowest BCUT2D eigenvalue weighted by atomic mass is 10.1. The van der Waals surface area contributed by atoms with Crippen LogP contribution in [0.15, 0.2) is 54.6 Å². The molecule has 0 spiro atoms. The Morgan fingerprint density at radius 3 is 2.62 bits per heavy atom. The number of aromatic amines is 1. The van der Waals surface area contributed by atoms with Crippen LogP contribution in [-0.2, 0) is 4.74 Å². The van der Waals surface area contributed by atoms with Crippen molar-refractivity contribution in [3.05, 3.63) is 70.9 Å². The van der Waals surface area contributed by atoms with Crippen LogP contribution in [-0.4, -0.2) is 28.7 Å². The second kappa shape index (κ2) is 7.84. The molecular formula is C19H16ClN3O3. The number of amides is 1. The maximum atomic E-state index is 12.3. The Bertz CT molecular complexity index is 935. The molecule has 0 aliphatic carbocycles. The maximum Gasteiger partial charge on any atom is 0.338 e. The third-order valence-corrected chi connectivity index (χ3v) is 3.83. The number of carbonyl (C=O) groups excluding carboxylic acids is 2. The van der Waals surface area contributed by atoms with Gasteiger partial charge >= 0.3 is 5.97 Å². The van der Waals surface area contributed by atoms with E-state index >= 15 is 0 Å². The molecule has 0 fully saturated rings. The average Bonchev–Trinajstić information content (AvgIpc) is 3.13. The smallest absolute Gasteiger partial charge is 0.338 e. The highest BCUT2D eigenvalue weighted by molar-refractivity contribution is 6.30. The highest BCUT2D eigenvalue weighted by Crippen LogP contribution is 2.21. The highest BCUT2D eigenvalue weighted by atomic mass is 35.5. The number of rotatable bonds is 5. The molecule has 7 heteroatoms. The second-order valence-electron chi connectivity index (χ2n) is 5.43. The summed E-state index contributed by atoms with van der Waals surface area (Å²) in [4.78, 5) is 24.0. The van der Waals surface area contributed by atoms with Gasteiger partial charge in [-0.1, -0.05) is 23.7 Å². The lowest BCUT2D eigenvalue weighted by molar-refractivity contribution is 0.0526. The van der Waals surface area contributed by atoms with Crippen molar-refractivity contribution >= 4 is 29.2 Å². The largest absolute Gasteiger partial charge is 0.462 e. The first-order chi connectivity index (χ1) is 12.6. The summed E-state index contributed by atoms with van der Waals surface area (Å²) in [7, 11) is 0. The van der Waals surface area contributed by atoms with Gasteiger partial charge < -0.3 is 10.1 Å². The Labute approximate surface area is 155 Å². The van der Waals surface area contributed by atoms with E-state index in [9.17, 15) is 9.59 Å². The van der Waals surface area contributed by atoms with Gasteiger partial charge in [-0.25, -0.2) is 4.79 Å². The van der Waals surface area contributed by atoms with Gasteiger partial charge in [0.2, 0.25) is 0 Å². The van der Waals surface area contributed by atoms with Crippen molar-refractivity contribution in [3.63, 3.8) is 0 Å². The summed E-state index contributed by atoms with van der Waals surface area (Å²) in [5.41, 5.74) is 2.73. The van der Waals surface area contributed by atoms with Gasteiger partial charge in [-0.05, 0) is 49.4 Å². The van der Waals surface area contributed by atoms with E-state index in [4.69, 9.17) is 16.3 Å². The fourth-order valence-electron chi connectivity index (χ4n) is 2.34. The first-order valence-corrected chi connectivity index (χ1v) is 8.34. The molecule has 3 aromatic rings. The van der Waals surface area contributed by atoms with E-state index in [0.29, 0.717) is 34.3 Å². The van der Waals surface area contributed by atoms with Crippen LogP contribution in [0.5, 0.6) is 0 Å². The zero-order valence-corrected chi connectivity index (χ0v) is 14.7. The van der Waals surface area contributed by atoms with Gasteiger partial charge in [-0.15, -0.1) is 0 Å². The first-order valence-electron chi connectivity index (χ1n) is 7.96. The van der Waals surface area contributed by atoms with Crippen molar-refractivity contribution in [1.29, 1.82) is 0 Å². The van der Waals surface area contributed by atoms with E-state index < -0.39 is 5.97 Å². The molecule has 0 radical (unpaired) electrons. The number of hydrogen-bond acceptors (Lipinski definition) is 4. The maximum absolute atomic E-state index is 12.3. The molecule has 1 aromatic heterocycles. The number of anilines is 1. The fraction of sp³-hybridized carbons (Fsp3) is 0.105. The van der Waals surface area contributed by atoms with Gasteiger partial charge in [0, 0.05) is 16.3 Å². The molecule has 0 aliphatic rings. The molecular weight excluding hydrogens is 354 g/mol. The predicted octanol–water partition coefficient (Wildman–Crippen LogP) is 4.16. The molecule has 3 rings (SSSR count). The van der Waals surface area contributed by atoms with Crippen molar-refractivity contribution in [2.24, 2.45) is 0 Å². The molecule has 26 heavy (non-hydrogen) atoms. The Morgan fingerprint density at radius 1 is 1.15 bits per heavy atom. The number of esters is 1. The van der Waals surface area contributed by atoms with Crippen LogP contribution in [0.25, 0.3) is 11.3 Å². The molecule has 6 nitrogen and oxygen atoms in total. The van der Waals surface area contributed by atoms with Crippen LogP contribution in [0.3, 0.4) is 0 Å². The van der Waals surface area contributed by atoms with Crippen molar-refractivity contribution in [3.8, 4) is 11.3 Å². The summed E-state index contributed by atoms with van der Waals surface area (Å²) in [5.74, 6) is -0.736. The number of halogens is 1. The summed E-state index contributed by atoms with van der Waals surface area (Å²) >= 11 is 5.98. The van der Waals surface area contributed by atoms with Gasteiger partial charge in [0.1, 0.15) is 5.69 Å². The number of ether oxygens (including phenoxy) is 1. The second-order valence-corrected chi connectivity index (χ2v) is 5.87. The fourth-order valence-corrected chi connectivity index (χ4v) is 2.53. The number of nitrogens with zero attached hydrogens (tertiary/aromatic N) is 1. The molecule has 132 valence electrons. The predicted molar refractivity (Wildman–Crippen MR) is 99.4 cm³/mol. The third-order valence-electron chi connectivity index (χ3n) is 3.60. The molecule has 1 amide bonds. The zero-order valence-electron chi connectivity index (χ0n) is 14.0. The minimum atomic E-state index is -0.398. The quantitative estimate of drug-likeness (QED) is 0.661. The summed E-state index contributed by atoms with van der Waals surface area (Å²) in [6, 6.07) is 15.3. The molecule has 0 saturated carbocycles. The van der Waals surface area contributed by atoms with Crippen LogP contribution < -0.4 is 5.32 Å². The lowest BCUT2D eigenvalue weighted by Crippen LogP contribution is -2.12. The van der Waals surface area contributed by atoms with E-state index in [1.54, 1.807) is 49.4 Å². The number of hydrogen-bond donors (Lipinski definition) is 2. The topological polar surface area (TPSA) is 84.1 Å². The molecule has 0 bridgehead atoms. The number of carbonyl (C=O) groups is 2. The minimum Gasteiger partial charge on any atom is -0.462 e. The van der Waals surface area contributed by atoms with Crippen molar-refractivity contribution in [2.75, 3.05) is 11.9 Å². The Balaban J connectivity index is 1.70. The average molecular weight is 370 g/mol. The van der Waals surface area contributed by atoms with Gasteiger partial charge in [0.05, 0.1) is 17.9 Å². The molecule has 2 aromatic carbocycles. The summed E-state index contributed by atoms with van der Waals surface area (Å²) < 4.78 is 4.92. The van der Waals surface area contributed by atoms with E-state index in [2.05, 4.69) is 15.5 Å². The van der Waals surface area contributed by atoms with Gasteiger partial charge in [-0.3, -0.25) is 9.89 Å². The monoisotopic (exact) mass is 369 g/mol. The van der Waals surface area contributed by atoms with Gasteiger partial charge in [0.25, 0.3) is 5.91 Å². The number of benzene rings is 2. The number of aromatic nitrogens is 2. The van der Waals surface area contributed by atoms with Crippen LogP contribution in [0.2, 0.25) is 5.02 Å². The number of H-pyrrole nitrogens is 1. The first kappa shape index (κ1) is 17.7. The van der Waals surface area contributed by atoms with E-state index in [0.717, 1.165) is 5.56 Å². The summed E-state index contributed by atoms with van der Waals surface area (Å²) in [6.45, 7) is 2.06. The summed E-state index contributed by atoms with van der Waals surface area (Å²) in [5, 5.41) is 10.2. The van der Waals surface area contributed by atoms with E-state index in [-0.39, 0.29) is 5.91 Å². The third kappa shape index (κ3) is 4.10. The SMILES string of the molecule is CCOC(=O)c1ccc(NC(=O)c2cc(-c3cccc(Cl)c3)n[nH]2)cc1. The van der Waals surface area contributed by atoms with E-state index in [1.165, 1.54) is 0 Å². The minimum absolute atomic E-state index is 0.312. The number of nitrogens with one attached hydrogen (secondary N) is 2. The molecule has 0 unspecified atom stereocenters. The van der Waals surface area contributed by atoms with Gasteiger partial charge in [-0.2, -0.15) is 5.10 Å². The van der Waals surface area contributed by atoms with Crippen molar-refractivity contribution < 1.29 is 14.3 Å². The molecule has 0 atom stereocenters. The molecule has 0 aliphatic heterocycles. The van der Waals surface area contributed by atoms with Gasteiger partial charge in [0.15, 0.2) is 0 Å². The Morgan fingerprint density at radius 2 is 1.92 bits per heavy atom. The molecule has 1 heterocycles. The van der Waals surface area contributed by atoms with Crippen LogP contribution in [0.4, 0.5) is 5.69 Å². The lowest BCUT2D eigenvalue weighted by Gasteiger charge is -2.05. The normalized spacial score (nSPS) is 10.4. The van der Waals surface area contributed by atoms with Crippen molar-refractivity contribution in [2.45, 2.75) is 6.92 Å². The molecule has 0 saturated heterocycles. The van der Waals surface area contributed by atoms with E-state index in [1.807, 2.05) is 12.1 Å². The van der Waals surface area contributed by atoms with Crippen LogP contribution in [0, 0.1) is 0 Å². The van der Waals surface area contributed by atoms with Crippen LogP contribution >= 0.6 is 11.6 Å². The summed E-state index contributed by atoms with van der Waals surface area (Å²) in [6.07, 6.45) is 0.